The Balaban J connectivity index is 2.44. The lowest BCUT2D eigenvalue weighted by atomic mass is 10.1. The summed E-state index contributed by atoms with van der Waals surface area (Å²) < 4.78 is 16.5. The maximum absolute atomic E-state index is 12.2. The fourth-order valence-corrected chi connectivity index (χ4v) is 2.61. The van der Waals surface area contributed by atoms with Crippen molar-refractivity contribution >= 4 is 27.8 Å². The zero-order valence-corrected chi connectivity index (χ0v) is 14.2. The largest absolute Gasteiger partial charge is 0.492 e. The van der Waals surface area contributed by atoms with E-state index in [4.69, 9.17) is 13.9 Å². The molecule has 0 amide bonds. The number of ether oxygens (including phenoxy) is 2. The summed E-state index contributed by atoms with van der Waals surface area (Å²) in [5.74, 6) is 0.732. The summed E-state index contributed by atoms with van der Waals surface area (Å²) in [6, 6.07) is 8.47. The van der Waals surface area contributed by atoms with Crippen molar-refractivity contribution in [2.75, 3.05) is 13.7 Å². The molecule has 0 saturated heterocycles. The topological polar surface area (TPSA) is 72.5 Å². The van der Waals surface area contributed by atoms with E-state index >= 15 is 0 Å². The number of carbonyl (C=O) groups excluding carboxylic acids is 1. The Bertz CT molecular complexity index is 773. The van der Waals surface area contributed by atoms with Gasteiger partial charge in [-0.2, -0.15) is 5.26 Å². The number of allylic oxidation sites excluding steroid dienone is 1. The van der Waals surface area contributed by atoms with E-state index < -0.39 is 5.78 Å². The van der Waals surface area contributed by atoms with Crippen LogP contribution in [0, 0.1) is 11.3 Å². The fraction of sp³-hybridized carbons (Fsp3) is 0.176. The summed E-state index contributed by atoms with van der Waals surface area (Å²) >= 11 is 3.40. The van der Waals surface area contributed by atoms with E-state index in [1.807, 2.05) is 13.0 Å². The number of hydrogen-bond donors (Lipinski definition) is 0. The van der Waals surface area contributed by atoms with Gasteiger partial charge in [0.1, 0.15) is 11.6 Å². The summed E-state index contributed by atoms with van der Waals surface area (Å²) in [6.45, 7) is 2.32. The van der Waals surface area contributed by atoms with Crippen molar-refractivity contribution in [2.24, 2.45) is 0 Å². The minimum absolute atomic E-state index is 0.0283. The number of ketones is 1. The van der Waals surface area contributed by atoms with Crippen LogP contribution in [-0.4, -0.2) is 19.5 Å². The Morgan fingerprint density at radius 3 is 2.83 bits per heavy atom. The van der Waals surface area contributed by atoms with E-state index in [1.165, 1.54) is 18.4 Å². The van der Waals surface area contributed by atoms with Crippen LogP contribution in [-0.2, 0) is 0 Å². The summed E-state index contributed by atoms with van der Waals surface area (Å²) in [6.07, 6.45) is 2.87. The number of hydrogen-bond acceptors (Lipinski definition) is 5. The van der Waals surface area contributed by atoms with Crippen LogP contribution < -0.4 is 9.47 Å². The third kappa shape index (κ3) is 3.82. The number of halogens is 1. The van der Waals surface area contributed by atoms with E-state index in [2.05, 4.69) is 15.9 Å². The molecule has 5 nitrogen and oxygen atoms in total. The Morgan fingerprint density at radius 2 is 2.26 bits per heavy atom. The predicted molar refractivity (Wildman–Crippen MR) is 88.5 cm³/mol. The second-order valence-corrected chi connectivity index (χ2v) is 5.30. The van der Waals surface area contributed by atoms with E-state index in [0.717, 1.165) is 0 Å². The minimum atomic E-state index is -0.470. The van der Waals surface area contributed by atoms with Crippen LogP contribution in [0.25, 0.3) is 6.08 Å². The van der Waals surface area contributed by atoms with Gasteiger partial charge in [0, 0.05) is 0 Å². The van der Waals surface area contributed by atoms with Gasteiger partial charge in [0.2, 0.25) is 5.78 Å². The fourth-order valence-electron chi connectivity index (χ4n) is 1.99. The highest BCUT2D eigenvalue weighted by molar-refractivity contribution is 9.10. The number of methoxy groups -OCH3 is 1. The van der Waals surface area contributed by atoms with Gasteiger partial charge in [-0.05, 0) is 58.8 Å². The maximum Gasteiger partial charge on any atom is 0.238 e. The van der Waals surface area contributed by atoms with Crippen LogP contribution in [0.4, 0.5) is 0 Å². The number of benzene rings is 1. The quantitative estimate of drug-likeness (QED) is 0.428. The van der Waals surface area contributed by atoms with Crippen molar-refractivity contribution in [3.63, 3.8) is 0 Å². The van der Waals surface area contributed by atoms with Gasteiger partial charge >= 0.3 is 0 Å². The smallest absolute Gasteiger partial charge is 0.238 e. The molecule has 6 heteroatoms. The average molecular weight is 376 g/mol. The van der Waals surface area contributed by atoms with E-state index in [-0.39, 0.29) is 11.3 Å². The molecule has 118 valence electrons. The molecule has 0 radical (unpaired) electrons. The molecule has 0 bridgehead atoms. The second-order valence-electron chi connectivity index (χ2n) is 4.44. The number of nitriles is 1. The van der Waals surface area contributed by atoms with Crippen molar-refractivity contribution < 1.29 is 18.7 Å². The van der Waals surface area contributed by atoms with Gasteiger partial charge in [0.25, 0.3) is 0 Å². The molecule has 0 spiro atoms. The Kier molecular flexibility index (Phi) is 5.61. The van der Waals surface area contributed by atoms with Gasteiger partial charge in [0.05, 0.1) is 24.5 Å². The van der Waals surface area contributed by atoms with Gasteiger partial charge in [-0.15, -0.1) is 0 Å². The standard InChI is InChI=1S/C17H14BrNO4/c1-3-22-15-9-11(8-13(18)17(15)21-2)7-12(10-19)16(20)14-5-4-6-23-14/h4-9H,3H2,1-2H3/b12-7+. The molecule has 1 heterocycles. The van der Waals surface area contributed by atoms with Crippen molar-refractivity contribution in [3.8, 4) is 17.6 Å². The van der Waals surface area contributed by atoms with Crippen LogP contribution in [0.5, 0.6) is 11.5 Å². The molecule has 2 rings (SSSR count). The molecule has 0 atom stereocenters. The molecule has 1 aromatic heterocycles. The maximum atomic E-state index is 12.2. The Morgan fingerprint density at radius 1 is 1.48 bits per heavy atom. The first-order chi connectivity index (χ1) is 11.1. The van der Waals surface area contributed by atoms with Crippen molar-refractivity contribution in [1.82, 2.24) is 0 Å². The molecule has 0 aliphatic rings. The molecular formula is C17H14BrNO4. The van der Waals surface area contributed by atoms with Crippen LogP contribution >= 0.6 is 15.9 Å². The molecule has 0 saturated carbocycles. The molecule has 0 aliphatic heterocycles. The molecular weight excluding hydrogens is 362 g/mol. The summed E-state index contributed by atoms with van der Waals surface area (Å²) in [4.78, 5) is 12.2. The molecule has 0 fully saturated rings. The van der Waals surface area contributed by atoms with Crippen LogP contribution in [0.2, 0.25) is 0 Å². The van der Waals surface area contributed by atoms with E-state index in [1.54, 1.807) is 25.3 Å². The second kappa shape index (κ2) is 7.65. The SMILES string of the molecule is CCOc1cc(/C=C(\C#N)C(=O)c2ccco2)cc(Br)c1OC. The summed E-state index contributed by atoms with van der Waals surface area (Å²) in [5.41, 5.74) is 0.608. The van der Waals surface area contributed by atoms with Gasteiger partial charge in [-0.3, -0.25) is 4.79 Å². The lowest BCUT2D eigenvalue weighted by Crippen LogP contribution is -2.01. The van der Waals surface area contributed by atoms with Gasteiger partial charge in [-0.1, -0.05) is 0 Å². The zero-order chi connectivity index (χ0) is 16.8. The monoisotopic (exact) mass is 375 g/mol. The normalized spacial score (nSPS) is 11.0. The molecule has 2 aromatic rings. The zero-order valence-electron chi connectivity index (χ0n) is 12.6. The number of rotatable bonds is 6. The minimum Gasteiger partial charge on any atom is -0.492 e. The first-order valence-corrected chi connectivity index (χ1v) is 7.60. The van der Waals surface area contributed by atoms with E-state index in [0.29, 0.717) is 28.1 Å². The average Bonchev–Trinajstić information content (AvgIpc) is 3.06. The number of nitrogens with zero attached hydrogens (tertiary/aromatic N) is 1. The van der Waals surface area contributed by atoms with Gasteiger partial charge < -0.3 is 13.9 Å². The third-order valence-electron chi connectivity index (χ3n) is 2.96. The number of carbonyl (C=O) groups is 1. The molecule has 23 heavy (non-hydrogen) atoms. The van der Waals surface area contributed by atoms with Crippen LogP contribution in [0.15, 0.2) is 45.0 Å². The lowest BCUT2D eigenvalue weighted by molar-refractivity contribution is 0.101. The van der Waals surface area contributed by atoms with Gasteiger partial charge in [0.15, 0.2) is 17.3 Å². The van der Waals surface area contributed by atoms with Crippen molar-refractivity contribution in [3.05, 3.63) is 51.9 Å². The summed E-state index contributed by atoms with van der Waals surface area (Å²) in [5, 5.41) is 9.25. The molecule has 1 aromatic carbocycles. The highest BCUT2D eigenvalue weighted by Crippen LogP contribution is 2.37. The molecule has 0 unspecified atom stereocenters. The molecule has 0 aliphatic carbocycles. The Labute approximate surface area is 142 Å². The Hall–Kier alpha value is -2.52. The number of furan rings is 1. The predicted octanol–water partition coefficient (Wildman–Crippen LogP) is 4.24. The van der Waals surface area contributed by atoms with Crippen LogP contribution in [0.1, 0.15) is 23.0 Å². The first-order valence-electron chi connectivity index (χ1n) is 6.81. The summed E-state index contributed by atoms with van der Waals surface area (Å²) in [7, 11) is 1.54. The van der Waals surface area contributed by atoms with Crippen LogP contribution in [0.3, 0.4) is 0 Å². The van der Waals surface area contributed by atoms with Crippen molar-refractivity contribution in [2.45, 2.75) is 6.92 Å². The lowest BCUT2D eigenvalue weighted by Gasteiger charge is -2.12. The molecule has 0 N–H and O–H groups in total. The highest BCUT2D eigenvalue weighted by Gasteiger charge is 2.16. The third-order valence-corrected chi connectivity index (χ3v) is 3.55. The van der Waals surface area contributed by atoms with Gasteiger partial charge in [-0.25, -0.2) is 0 Å². The van der Waals surface area contributed by atoms with E-state index in [9.17, 15) is 10.1 Å². The number of Topliss-reactive ketones (excluding diaryl/α,β-unsaturated/α-hetero) is 1. The van der Waals surface area contributed by atoms with Crippen molar-refractivity contribution in [1.29, 1.82) is 5.26 Å². The highest BCUT2D eigenvalue weighted by atomic mass is 79.9. The first kappa shape index (κ1) is 16.8.